The first kappa shape index (κ1) is 16.8. The van der Waals surface area contributed by atoms with E-state index in [1.54, 1.807) is 11.8 Å². The van der Waals surface area contributed by atoms with Gasteiger partial charge in [0.05, 0.1) is 0 Å². The van der Waals surface area contributed by atoms with Crippen LogP contribution in [-0.2, 0) is 5.75 Å². The third-order valence-electron chi connectivity index (χ3n) is 3.92. The predicted molar refractivity (Wildman–Crippen MR) is 101 cm³/mol. The van der Waals surface area contributed by atoms with Crippen molar-refractivity contribution in [3.05, 3.63) is 71.0 Å². The largest absolute Gasteiger partial charge is 0.274 e. The molecule has 0 atom stereocenters. The fourth-order valence-electron chi connectivity index (χ4n) is 2.59. The minimum absolute atomic E-state index is 0.326. The zero-order valence-electron chi connectivity index (χ0n) is 14.7. The quantitative estimate of drug-likeness (QED) is 0.592. The van der Waals surface area contributed by atoms with E-state index in [4.69, 9.17) is 0 Å². The highest BCUT2D eigenvalue weighted by atomic mass is 32.2. The van der Waals surface area contributed by atoms with Crippen LogP contribution in [0.5, 0.6) is 0 Å². The van der Waals surface area contributed by atoms with Crippen molar-refractivity contribution in [1.82, 2.24) is 14.8 Å². The molecule has 124 valence electrons. The highest BCUT2D eigenvalue weighted by molar-refractivity contribution is 7.98. The maximum Gasteiger partial charge on any atom is 0.196 e. The first-order valence-corrected chi connectivity index (χ1v) is 9.24. The minimum Gasteiger partial charge on any atom is -0.274 e. The van der Waals surface area contributed by atoms with Crippen molar-refractivity contribution in [3.8, 4) is 5.69 Å². The Morgan fingerprint density at radius 3 is 2.38 bits per heavy atom. The van der Waals surface area contributed by atoms with Gasteiger partial charge in [-0.25, -0.2) is 0 Å². The molecule has 0 fully saturated rings. The van der Waals surface area contributed by atoms with Crippen molar-refractivity contribution in [1.29, 1.82) is 0 Å². The number of thioether (sulfide) groups is 1. The lowest BCUT2D eigenvalue weighted by atomic mass is 10.2. The van der Waals surface area contributed by atoms with Crippen LogP contribution in [0.2, 0.25) is 0 Å². The predicted octanol–water partition coefficient (Wildman–Crippen LogP) is 5.30. The Hall–Kier alpha value is -2.07. The molecule has 3 nitrogen and oxygen atoms in total. The van der Waals surface area contributed by atoms with Crippen molar-refractivity contribution in [2.45, 2.75) is 44.5 Å². The molecule has 0 radical (unpaired) electrons. The van der Waals surface area contributed by atoms with Crippen LogP contribution in [0.3, 0.4) is 0 Å². The van der Waals surface area contributed by atoms with E-state index in [1.807, 2.05) is 0 Å². The molecule has 0 unspecified atom stereocenters. The molecule has 0 aliphatic rings. The molecule has 0 spiro atoms. The number of nitrogens with zero attached hydrogens (tertiary/aromatic N) is 3. The van der Waals surface area contributed by atoms with Gasteiger partial charge in [0.1, 0.15) is 5.82 Å². The molecular weight excluding hydrogens is 314 g/mol. The highest BCUT2D eigenvalue weighted by Crippen LogP contribution is 2.28. The van der Waals surface area contributed by atoms with E-state index in [0.717, 1.165) is 22.4 Å². The second kappa shape index (κ2) is 7.22. The van der Waals surface area contributed by atoms with Gasteiger partial charge in [0, 0.05) is 17.4 Å². The van der Waals surface area contributed by atoms with Gasteiger partial charge in [-0.15, -0.1) is 10.2 Å². The summed E-state index contributed by atoms with van der Waals surface area (Å²) in [4.78, 5) is 0. The van der Waals surface area contributed by atoms with Crippen LogP contribution in [0, 0.1) is 13.8 Å². The van der Waals surface area contributed by atoms with E-state index < -0.39 is 0 Å². The maximum absolute atomic E-state index is 4.45. The van der Waals surface area contributed by atoms with Gasteiger partial charge in [-0.3, -0.25) is 4.57 Å². The molecule has 0 N–H and O–H groups in total. The van der Waals surface area contributed by atoms with Gasteiger partial charge in [-0.05, 0) is 37.1 Å². The van der Waals surface area contributed by atoms with E-state index in [0.29, 0.717) is 5.92 Å². The van der Waals surface area contributed by atoms with E-state index in [-0.39, 0.29) is 0 Å². The van der Waals surface area contributed by atoms with Crippen LogP contribution in [0.25, 0.3) is 5.69 Å². The Labute approximate surface area is 148 Å². The molecule has 1 aromatic heterocycles. The normalized spacial score (nSPS) is 11.2. The van der Waals surface area contributed by atoms with Crippen molar-refractivity contribution < 1.29 is 0 Å². The number of rotatable bonds is 5. The van der Waals surface area contributed by atoms with Crippen LogP contribution in [0.4, 0.5) is 0 Å². The van der Waals surface area contributed by atoms with E-state index in [9.17, 15) is 0 Å². The molecule has 1 heterocycles. The van der Waals surface area contributed by atoms with Gasteiger partial charge < -0.3 is 0 Å². The summed E-state index contributed by atoms with van der Waals surface area (Å²) in [6, 6.07) is 17.2. The average Bonchev–Trinajstić information content (AvgIpc) is 2.98. The summed E-state index contributed by atoms with van der Waals surface area (Å²) in [6.45, 7) is 8.54. The Bertz CT molecular complexity index is 819. The average molecular weight is 337 g/mol. The SMILES string of the molecule is Cc1ccc(CSc2nnc(C(C)C)n2-c2cccc(C)c2)cc1. The smallest absolute Gasteiger partial charge is 0.196 e. The number of hydrogen-bond donors (Lipinski definition) is 0. The summed E-state index contributed by atoms with van der Waals surface area (Å²) < 4.78 is 2.19. The van der Waals surface area contributed by atoms with E-state index >= 15 is 0 Å². The zero-order chi connectivity index (χ0) is 17.1. The molecule has 24 heavy (non-hydrogen) atoms. The molecule has 0 aliphatic heterocycles. The third kappa shape index (κ3) is 3.70. The molecule has 0 aliphatic carbocycles. The Balaban J connectivity index is 1.92. The number of hydrogen-bond acceptors (Lipinski definition) is 3. The van der Waals surface area contributed by atoms with Gasteiger partial charge in [-0.2, -0.15) is 0 Å². The summed E-state index contributed by atoms with van der Waals surface area (Å²) >= 11 is 1.73. The third-order valence-corrected chi connectivity index (χ3v) is 4.92. The topological polar surface area (TPSA) is 30.7 Å². The van der Waals surface area contributed by atoms with Crippen LogP contribution in [0.1, 0.15) is 42.3 Å². The lowest BCUT2D eigenvalue weighted by molar-refractivity contribution is 0.732. The Morgan fingerprint density at radius 1 is 0.958 bits per heavy atom. The molecule has 0 saturated heterocycles. The van der Waals surface area contributed by atoms with Gasteiger partial charge >= 0.3 is 0 Å². The van der Waals surface area contributed by atoms with Crippen LogP contribution in [0.15, 0.2) is 53.7 Å². The Morgan fingerprint density at radius 2 is 1.71 bits per heavy atom. The van der Waals surface area contributed by atoms with Crippen molar-refractivity contribution >= 4 is 11.8 Å². The number of benzene rings is 2. The fraction of sp³-hybridized carbons (Fsp3) is 0.300. The molecule has 4 heteroatoms. The first-order valence-electron chi connectivity index (χ1n) is 8.25. The van der Waals surface area contributed by atoms with Crippen LogP contribution >= 0.6 is 11.8 Å². The second-order valence-electron chi connectivity index (χ2n) is 6.44. The van der Waals surface area contributed by atoms with Gasteiger partial charge in [0.15, 0.2) is 5.16 Å². The lowest BCUT2D eigenvalue weighted by Crippen LogP contribution is -2.04. The monoisotopic (exact) mass is 337 g/mol. The summed E-state index contributed by atoms with van der Waals surface area (Å²) in [6.07, 6.45) is 0. The standard InChI is InChI=1S/C20H23N3S/c1-14(2)19-21-22-20(23(19)18-7-5-6-16(4)12-18)24-13-17-10-8-15(3)9-11-17/h5-12,14H,13H2,1-4H3. The number of aromatic nitrogens is 3. The molecule has 3 aromatic rings. The molecule has 0 bridgehead atoms. The fourth-order valence-corrected chi connectivity index (χ4v) is 3.51. The molecule has 3 rings (SSSR count). The summed E-state index contributed by atoms with van der Waals surface area (Å²) in [5.41, 5.74) is 4.96. The van der Waals surface area contributed by atoms with Crippen LogP contribution in [-0.4, -0.2) is 14.8 Å². The molecule has 0 amide bonds. The maximum atomic E-state index is 4.45. The van der Waals surface area contributed by atoms with Crippen LogP contribution < -0.4 is 0 Å². The Kier molecular flexibility index (Phi) is 5.05. The minimum atomic E-state index is 0.326. The van der Waals surface area contributed by atoms with Crippen molar-refractivity contribution in [2.75, 3.05) is 0 Å². The van der Waals surface area contributed by atoms with Crippen molar-refractivity contribution in [2.24, 2.45) is 0 Å². The van der Waals surface area contributed by atoms with Gasteiger partial charge in [-0.1, -0.05) is 67.6 Å². The molecule has 2 aromatic carbocycles. The van der Waals surface area contributed by atoms with Gasteiger partial charge in [0.25, 0.3) is 0 Å². The van der Waals surface area contributed by atoms with E-state index in [2.05, 4.69) is 91.0 Å². The lowest BCUT2D eigenvalue weighted by Gasteiger charge is -2.12. The zero-order valence-corrected chi connectivity index (χ0v) is 15.5. The number of aryl methyl sites for hydroxylation is 2. The molecule has 0 saturated carbocycles. The van der Waals surface area contributed by atoms with Crippen molar-refractivity contribution in [3.63, 3.8) is 0 Å². The highest BCUT2D eigenvalue weighted by Gasteiger charge is 2.17. The molecular formula is C20H23N3S. The summed E-state index contributed by atoms with van der Waals surface area (Å²) in [7, 11) is 0. The first-order chi connectivity index (χ1) is 11.5. The summed E-state index contributed by atoms with van der Waals surface area (Å²) in [5.74, 6) is 2.22. The second-order valence-corrected chi connectivity index (χ2v) is 7.39. The van der Waals surface area contributed by atoms with E-state index in [1.165, 1.54) is 16.7 Å². The van der Waals surface area contributed by atoms with Gasteiger partial charge in [0.2, 0.25) is 0 Å². The summed E-state index contributed by atoms with van der Waals surface area (Å²) in [5, 5.41) is 9.84.